The Morgan fingerprint density at radius 2 is 1.64 bits per heavy atom. The van der Waals surface area contributed by atoms with Gasteiger partial charge in [-0.3, -0.25) is 13.7 Å². The van der Waals surface area contributed by atoms with Gasteiger partial charge in [-0.25, -0.2) is 8.60 Å². The summed E-state index contributed by atoms with van der Waals surface area (Å²) in [6, 6.07) is 19.9. The fourth-order valence-electron chi connectivity index (χ4n) is 5.49. The fourth-order valence-corrected chi connectivity index (χ4v) is 6.53. The number of furan rings is 1. The maximum absolute atomic E-state index is 13.5. The van der Waals surface area contributed by atoms with Crippen LogP contribution in [-0.2, 0) is 30.3 Å². The zero-order chi connectivity index (χ0) is 33.5. The van der Waals surface area contributed by atoms with Crippen LogP contribution < -0.4 is 14.8 Å². The van der Waals surface area contributed by atoms with Crippen LogP contribution in [0.25, 0.3) is 11.0 Å². The first kappa shape index (κ1) is 32.7. The zero-order valence-corrected chi connectivity index (χ0v) is 26.9. The van der Waals surface area contributed by atoms with Crippen molar-refractivity contribution in [2.24, 2.45) is 5.73 Å². The standard InChI is InChI=1S/C34H27BrF4N2O5S/c35-28-12-3-20(15-27(28)34(37,38)39)13-14-41(47(43)44)29-18-30-26(17-25(29)21-4-5-21)32(33(40)42)31(46-30)16-19-1-8-23(9-2-19)45-24-10-6-22(36)7-11-24/h1-3,6-12,15,17-18,21H,4-5,13-14,16H2,(H2,40,42)(H,43,44). The SMILES string of the molecule is NC(=O)c1c(Cc2ccc(Oc3ccc(F)cc3)cc2)oc2cc(N(CCc3ccc(Br)c(C(F)(F)F)c3)S(=O)O)c(C3CC3)cc12. The Balaban J connectivity index is 1.30. The van der Waals surface area contributed by atoms with Crippen LogP contribution in [0.5, 0.6) is 11.5 Å². The lowest BCUT2D eigenvalue weighted by Crippen LogP contribution is -2.28. The smallest absolute Gasteiger partial charge is 0.417 e. The lowest BCUT2D eigenvalue weighted by atomic mass is 10.0. The third kappa shape index (κ3) is 7.37. The molecule has 47 heavy (non-hydrogen) atoms. The number of fused-ring (bicyclic) bond motifs is 1. The number of carbonyl (C=O) groups excluding carboxylic acids is 1. The Hall–Kier alpha value is -4.20. The van der Waals surface area contributed by atoms with Gasteiger partial charge in [-0.2, -0.15) is 13.2 Å². The second-order valence-electron chi connectivity index (χ2n) is 11.2. The molecule has 1 aromatic heterocycles. The summed E-state index contributed by atoms with van der Waals surface area (Å²) in [5, 5.41) is 0.473. The Morgan fingerprint density at radius 3 is 2.23 bits per heavy atom. The Bertz CT molecular complexity index is 1980. The van der Waals surface area contributed by atoms with Crippen molar-refractivity contribution in [3.8, 4) is 11.5 Å². The number of hydrogen-bond acceptors (Lipinski definition) is 4. The first-order valence-corrected chi connectivity index (χ1v) is 16.4. The van der Waals surface area contributed by atoms with Crippen molar-refractivity contribution in [3.63, 3.8) is 0 Å². The van der Waals surface area contributed by atoms with E-state index in [1.807, 2.05) is 0 Å². The molecule has 3 N–H and O–H groups in total. The predicted octanol–water partition coefficient (Wildman–Crippen LogP) is 8.90. The highest BCUT2D eigenvalue weighted by atomic mass is 79.9. The number of carbonyl (C=O) groups is 1. The van der Waals surface area contributed by atoms with Gasteiger partial charge in [0.1, 0.15) is 28.7 Å². The van der Waals surface area contributed by atoms with E-state index in [0.29, 0.717) is 33.9 Å². The van der Waals surface area contributed by atoms with E-state index >= 15 is 0 Å². The molecule has 0 aliphatic heterocycles. The summed E-state index contributed by atoms with van der Waals surface area (Å²) >= 11 is 0.423. The van der Waals surface area contributed by atoms with Crippen molar-refractivity contribution in [2.75, 3.05) is 10.8 Å². The molecule has 1 aliphatic carbocycles. The van der Waals surface area contributed by atoms with Crippen LogP contribution in [0.4, 0.5) is 23.2 Å². The van der Waals surface area contributed by atoms with Crippen LogP contribution >= 0.6 is 15.9 Å². The average Bonchev–Trinajstić information content (AvgIpc) is 3.80. The largest absolute Gasteiger partial charge is 0.460 e. The van der Waals surface area contributed by atoms with Gasteiger partial charge < -0.3 is 14.9 Å². The second kappa shape index (κ2) is 13.1. The molecule has 0 saturated heterocycles. The predicted molar refractivity (Wildman–Crippen MR) is 173 cm³/mol. The molecule has 6 rings (SSSR count). The van der Waals surface area contributed by atoms with Crippen LogP contribution in [0.1, 0.15) is 57.1 Å². The number of benzene rings is 4. The first-order chi connectivity index (χ1) is 22.4. The number of anilines is 1. The number of nitrogens with two attached hydrogens (primary N) is 1. The quantitative estimate of drug-likeness (QED) is 0.104. The van der Waals surface area contributed by atoms with E-state index in [0.717, 1.165) is 30.0 Å². The molecule has 1 heterocycles. The van der Waals surface area contributed by atoms with E-state index in [2.05, 4.69) is 15.9 Å². The molecule has 13 heteroatoms. The van der Waals surface area contributed by atoms with Gasteiger partial charge >= 0.3 is 6.18 Å². The van der Waals surface area contributed by atoms with Crippen molar-refractivity contribution in [2.45, 2.75) is 37.8 Å². The highest BCUT2D eigenvalue weighted by molar-refractivity contribution is 9.10. The van der Waals surface area contributed by atoms with E-state index < -0.39 is 28.9 Å². The van der Waals surface area contributed by atoms with E-state index in [1.54, 1.807) is 36.4 Å². The zero-order valence-electron chi connectivity index (χ0n) is 24.5. The van der Waals surface area contributed by atoms with Gasteiger partial charge in [0.2, 0.25) is 0 Å². The van der Waals surface area contributed by atoms with Gasteiger partial charge in [0.05, 0.1) is 16.8 Å². The summed E-state index contributed by atoms with van der Waals surface area (Å²) in [5.74, 6) is 0.301. The number of halogens is 5. The van der Waals surface area contributed by atoms with Gasteiger partial charge in [-0.05, 0) is 96.5 Å². The van der Waals surface area contributed by atoms with Crippen LogP contribution in [0.3, 0.4) is 0 Å². The number of rotatable bonds is 11. The van der Waals surface area contributed by atoms with Gasteiger partial charge in [0.25, 0.3) is 17.2 Å². The maximum Gasteiger partial charge on any atom is 0.417 e. The molecule has 5 aromatic rings. The molecule has 1 unspecified atom stereocenters. The van der Waals surface area contributed by atoms with E-state index in [-0.39, 0.29) is 46.7 Å². The monoisotopic (exact) mass is 730 g/mol. The summed E-state index contributed by atoms with van der Waals surface area (Å²) in [6.07, 6.45) is -2.64. The molecule has 0 spiro atoms. The molecule has 1 aliphatic rings. The second-order valence-corrected chi connectivity index (χ2v) is 13.0. The fraction of sp³-hybridized carbons (Fsp3) is 0.206. The number of amides is 1. The highest BCUT2D eigenvalue weighted by Gasteiger charge is 2.34. The molecule has 0 bridgehead atoms. The molecule has 4 aromatic carbocycles. The Morgan fingerprint density at radius 1 is 1.00 bits per heavy atom. The number of primary amides is 1. The van der Waals surface area contributed by atoms with E-state index in [1.165, 1.54) is 40.7 Å². The van der Waals surface area contributed by atoms with Crippen LogP contribution in [0.15, 0.2) is 87.8 Å². The van der Waals surface area contributed by atoms with Crippen molar-refractivity contribution in [3.05, 3.63) is 123 Å². The van der Waals surface area contributed by atoms with Crippen LogP contribution in [-0.4, -0.2) is 21.2 Å². The van der Waals surface area contributed by atoms with Crippen molar-refractivity contribution in [1.82, 2.24) is 0 Å². The normalized spacial score (nSPS) is 13.9. The summed E-state index contributed by atoms with van der Waals surface area (Å²) in [7, 11) is 0. The summed E-state index contributed by atoms with van der Waals surface area (Å²) in [5.41, 5.74) is 7.72. The lowest BCUT2D eigenvalue weighted by Gasteiger charge is -2.23. The topological polar surface area (TPSA) is 106 Å². The number of hydrogen-bond donors (Lipinski definition) is 2. The maximum atomic E-state index is 13.5. The molecule has 0 radical (unpaired) electrons. The number of nitrogens with zero attached hydrogens (tertiary/aromatic N) is 1. The molecular weight excluding hydrogens is 704 g/mol. The lowest BCUT2D eigenvalue weighted by molar-refractivity contribution is -0.138. The molecule has 244 valence electrons. The van der Waals surface area contributed by atoms with Crippen molar-refractivity contribution in [1.29, 1.82) is 0 Å². The molecule has 7 nitrogen and oxygen atoms in total. The van der Waals surface area contributed by atoms with E-state index in [9.17, 15) is 31.1 Å². The van der Waals surface area contributed by atoms with Crippen molar-refractivity contribution < 1.29 is 40.3 Å². The summed E-state index contributed by atoms with van der Waals surface area (Å²) in [6.45, 7) is -0.0597. The van der Waals surface area contributed by atoms with Gasteiger partial charge in [0, 0.05) is 28.9 Å². The van der Waals surface area contributed by atoms with Gasteiger partial charge in [-0.15, -0.1) is 0 Å². The summed E-state index contributed by atoms with van der Waals surface area (Å²) < 4.78 is 89.6. The molecule has 1 atom stereocenters. The van der Waals surface area contributed by atoms with E-state index in [4.69, 9.17) is 14.9 Å². The third-order valence-corrected chi connectivity index (χ3v) is 9.36. The molecule has 1 saturated carbocycles. The first-order valence-electron chi connectivity index (χ1n) is 14.5. The number of ether oxygens (including phenoxy) is 1. The third-order valence-electron chi connectivity index (χ3n) is 7.91. The minimum absolute atomic E-state index is 0.0572. The Kier molecular flexibility index (Phi) is 9.14. The molecule has 1 amide bonds. The number of alkyl halides is 3. The van der Waals surface area contributed by atoms with Crippen LogP contribution in [0.2, 0.25) is 0 Å². The minimum Gasteiger partial charge on any atom is -0.460 e. The average molecular weight is 732 g/mol. The van der Waals surface area contributed by atoms with Crippen molar-refractivity contribution >= 4 is 49.8 Å². The van der Waals surface area contributed by atoms with Gasteiger partial charge in [0.15, 0.2) is 0 Å². The molecule has 1 fully saturated rings. The van der Waals surface area contributed by atoms with Crippen LogP contribution in [0, 0.1) is 5.82 Å². The summed E-state index contributed by atoms with van der Waals surface area (Å²) in [4.78, 5) is 12.7. The minimum atomic E-state index is -4.56. The molecular formula is C34H27BrF4N2O5S. The Labute approximate surface area is 277 Å². The van der Waals surface area contributed by atoms with Gasteiger partial charge in [-0.1, -0.05) is 34.1 Å². The highest BCUT2D eigenvalue weighted by Crippen LogP contribution is 2.47.